The molecule has 1 aromatic heterocycles. The summed E-state index contributed by atoms with van der Waals surface area (Å²) in [6.07, 6.45) is 1.96. The average molecular weight is 451 g/mol. The normalized spacial score (nSPS) is 16.0. The first kappa shape index (κ1) is 23.0. The first-order valence-electron chi connectivity index (χ1n) is 9.81. The number of methoxy groups -OCH3 is 1. The summed E-state index contributed by atoms with van der Waals surface area (Å²) in [7, 11) is 5.02. The van der Waals surface area contributed by atoms with E-state index < -0.39 is 0 Å². The number of likely N-dealkylation sites (N-methyl/N-ethyl adjacent to an activating group) is 1. The quantitative estimate of drug-likeness (QED) is 0.426. The molecule has 0 bridgehead atoms. The highest BCUT2D eigenvalue weighted by atomic mass is 32.2. The van der Waals surface area contributed by atoms with E-state index in [9.17, 15) is 4.79 Å². The highest BCUT2D eigenvalue weighted by Gasteiger charge is 2.30. The minimum absolute atomic E-state index is 0.0128. The Kier molecular flexibility index (Phi) is 7.85. The molecule has 160 valence electrons. The fourth-order valence-corrected chi connectivity index (χ4v) is 4.82. The van der Waals surface area contributed by atoms with Gasteiger partial charge in [-0.2, -0.15) is 0 Å². The second-order valence-electron chi connectivity index (χ2n) is 7.18. The van der Waals surface area contributed by atoms with Crippen molar-refractivity contribution in [1.82, 2.24) is 4.90 Å². The Balaban J connectivity index is 0.000000858. The molecular formula is C25H26N2O2S2. The van der Waals surface area contributed by atoms with Crippen LogP contribution in [0.1, 0.15) is 16.0 Å². The Hall–Kier alpha value is -2.67. The number of aliphatic imine (C=N–C) groups is 1. The summed E-state index contributed by atoms with van der Waals surface area (Å²) in [6.45, 7) is 4.13. The van der Waals surface area contributed by atoms with E-state index in [4.69, 9.17) is 0 Å². The van der Waals surface area contributed by atoms with Gasteiger partial charge in [-0.25, -0.2) is 4.99 Å². The number of hydrogen-bond donors (Lipinski definition) is 0. The number of carbonyl (C=O) groups is 1. The van der Waals surface area contributed by atoms with Crippen LogP contribution in [0.2, 0.25) is 0 Å². The third kappa shape index (κ3) is 5.94. The maximum atomic E-state index is 12.6. The Labute approximate surface area is 192 Å². The molecule has 0 atom stereocenters. The van der Waals surface area contributed by atoms with Gasteiger partial charge in [0.15, 0.2) is 5.17 Å². The molecule has 31 heavy (non-hydrogen) atoms. The van der Waals surface area contributed by atoms with Gasteiger partial charge in [0.1, 0.15) is 0 Å². The SMILES string of the molecule is COC.Cc1ccc(N=C2S/C(=C\c3ccc(-c4ccc(C)cc4)s3)C(=O)N2C)cc1. The Morgan fingerprint density at radius 3 is 2.10 bits per heavy atom. The van der Waals surface area contributed by atoms with Gasteiger partial charge in [0, 0.05) is 31.0 Å². The molecule has 1 saturated heterocycles. The topological polar surface area (TPSA) is 41.9 Å². The van der Waals surface area contributed by atoms with Crippen LogP contribution in [0.4, 0.5) is 5.69 Å². The molecule has 0 spiro atoms. The lowest BCUT2D eigenvalue weighted by atomic mass is 10.1. The van der Waals surface area contributed by atoms with E-state index in [1.807, 2.05) is 37.3 Å². The van der Waals surface area contributed by atoms with Crippen molar-refractivity contribution >= 4 is 45.9 Å². The van der Waals surface area contributed by atoms with Gasteiger partial charge in [-0.1, -0.05) is 47.5 Å². The average Bonchev–Trinajstić information content (AvgIpc) is 3.32. The second kappa shape index (κ2) is 10.6. The third-order valence-electron chi connectivity index (χ3n) is 4.50. The summed E-state index contributed by atoms with van der Waals surface area (Å²) < 4.78 is 4.25. The lowest BCUT2D eigenvalue weighted by molar-refractivity contribution is -0.121. The van der Waals surface area contributed by atoms with Crippen molar-refractivity contribution in [2.24, 2.45) is 4.99 Å². The number of rotatable bonds is 3. The van der Waals surface area contributed by atoms with Crippen molar-refractivity contribution in [1.29, 1.82) is 0 Å². The number of thiophene rings is 1. The molecule has 3 aromatic rings. The number of thioether (sulfide) groups is 1. The Morgan fingerprint density at radius 1 is 0.903 bits per heavy atom. The summed E-state index contributed by atoms with van der Waals surface area (Å²) in [4.78, 5) is 21.9. The van der Waals surface area contributed by atoms with Crippen LogP contribution in [0.3, 0.4) is 0 Å². The lowest BCUT2D eigenvalue weighted by Crippen LogP contribution is -2.23. The van der Waals surface area contributed by atoms with Crippen LogP contribution >= 0.6 is 23.1 Å². The fraction of sp³-hybridized carbons (Fsp3) is 0.200. The maximum absolute atomic E-state index is 12.6. The summed E-state index contributed by atoms with van der Waals surface area (Å²) in [5.41, 5.74) is 4.49. The lowest BCUT2D eigenvalue weighted by Gasteiger charge is -2.07. The molecule has 2 heterocycles. The molecule has 0 N–H and O–H groups in total. The molecular weight excluding hydrogens is 424 g/mol. The standard InChI is InChI=1S/C23H20N2OS2.C2H6O/c1-15-4-8-17(9-5-15)20-13-12-19(27-20)14-21-22(26)25(3)23(28-21)24-18-10-6-16(2)7-11-18;1-3-2/h4-14H,1-3H3;1-2H3/b21-14-,24-23?;. The smallest absolute Gasteiger partial charge is 0.266 e. The van der Waals surface area contributed by atoms with Crippen LogP contribution in [0.15, 0.2) is 70.6 Å². The molecule has 6 heteroatoms. The van der Waals surface area contributed by atoms with Crippen LogP contribution in [-0.4, -0.2) is 37.2 Å². The summed E-state index contributed by atoms with van der Waals surface area (Å²) in [6, 6.07) is 20.7. The molecule has 0 unspecified atom stereocenters. The predicted molar refractivity (Wildman–Crippen MR) is 134 cm³/mol. The predicted octanol–water partition coefficient (Wildman–Crippen LogP) is 6.53. The number of carbonyl (C=O) groups excluding carboxylic acids is 1. The first-order valence-corrected chi connectivity index (χ1v) is 11.4. The summed E-state index contributed by atoms with van der Waals surface area (Å²) in [5, 5.41) is 0.704. The molecule has 4 rings (SSSR count). The van der Waals surface area contributed by atoms with Crippen LogP contribution in [-0.2, 0) is 9.53 Å². The van der Waals surface area contributed by atoms with Crippen LogP contribution in [0, 0.1) is 13.8 Å². The van der Waals surface area contributed by atoms with Gasteiger partial charge in [0.05, 0.1) is 10.6 Å². The van der Waals surface area contributed by atoms with E-state index in [0.29, 0.717) is 10.1 Å². The summed E-state index contributed by atoms with van der Waals surface area (Å²) in [5.74, 6) is -0.0128. The van der Waals surface area contributed by atoms with E-state index in [0.717, 1.165) is 10.6 Å². The second-order valence-corrected chi connectivity index (χ2v) is 9.31. The van der Waals surface area contributed by atoms with E-state index in [1.165, 1.54) is 33.3 Å². The molecule has 0 saturated carbocycles. The zero-order valence-corrected chi connectivity index (χ0v) is 20.0. The fourth-order valence-electron chi connectivity index (χ4n) is 2.81. The van der Waals surface area contributed by atoms with Crippen LogP contribution < -0.4 is 0 Å². The minimum atomic E-state index is -0.0128. The van der Waals surface area contributed by atoms with E-state index in [-0.39, 0.29) is 5.91 Å². The van der Waals surface area contributed by atoms with Gasteiger partial charge in [0.2, 0.25) is 0 Å². The molecule has 4 nitrogen and oxygen atoms in total. The molecule has 1 fully saturated rings. The molecule has 1 aliphatic heterocycles. The number of nitrogens with zero attached hydrogens (tertiary/aromatic N) is 2. The van der Waals surface area contributed by atoms with E-state index in [2.05, 4.69) is 53.1 Å². The van der Waals surface area contributed by atoms with Gasteiger partial charge in [-0.15, -0.1) is 11.3 Å². The molecule has 1 amide bonds. The van der Waals surface area contributed by atoms with Crippen molar-refractivity contribution in [3.63, 3.8) is 0 Å². The number of ether oxygens (including phenoxy) is 1. The molecule has 1 aliphatic rings. The molecule has 0 aliphatic carbocycles. The van der Waals surface area contributed by atoms with Gasteiger partial charge in [-0.05, 0) is 61.5 Å². The van der Waals surface area contributed by atoms with Crippen molar-refractivity contribution in [3.05, 3.63) is 81.6 Å². The van der Waals surface area contributed by atoms with Crippen molar-refractivity contribution in [2.75, 3.05) is 21.3 Å². The van der Waals surface area contributed by atoms with Gasteiger partial charge >= 0.3 is 0 Å². The van der Waals surface area contributed by atoms with Crippen LogP contribution in [0.25, 0.3) is 16.5 Å². The van der Waals surface area contributed by atoms with Crippen molar-refractivity contribution in [2.45, 2.75) is 13.8 Å². The number of benzene rings is 2. The highest BCUT2D eigenvalue weighted by Crippen LogP contribution is 2.36. The zero-order chi connectivity index (χ0) is 22.4. The number of aryl methyl sites for hydroxylation is 2. The van der Waals surface area contributed by atoms with Crippen molar-refractivity contribution < 1.29 is 9.53 Å². The summed E-state index contributed by atoms with van der Waals surface area (Å²) >= 11 is 3.11. The van der Waals surface area contributed by atoms with Gasteiger partial charge in [-0.3, -0.25) is 9.69 Å². The van der Waals surface area contributed by atoms with Gasteiger partial charge < -0.3 is 4.74 Å². The molecule has 0 radical (unpaired) electrons. The van der Waals surface area contributed by atoms with Crippen molar-refractivity contribution in [3.8, 4) is 10.4 Å². The van der Waals surface area contributed by atoms with E-state index >= 15 is 0 Å². The van der Waals surface area contributed by atoms with Crippen LogP contribution in [0.5, 0.6) is 0 Å². The Bertz CT molecular complexity index is 1100. The first-order chi connectivity index (χ1) is 14.9. The van der Waals surface area contributed by atoms with Gasteiger partial charge in [0.25, 0.3) is 5.91 Å². The van der Waals surface area contributed by atoms with E-state index in [1.54, 1.807) is 37.5 Å². The number of amides is 1. The highest BCUT2D eigenvalue weighted by molar-refractivity contribution is 8.18. The monoisotopic (exact) mass is 450 g/mol. The third-order valence-corrected chi connectivity index (χ3v) is 6.64. The number of amidine groups is 1. The number of hydrogen-bond acceptors (Lipinski definition) is 5. The molecule has 2 aromatic carbocycles. The largest absolute Gasteiger partial charge is 0.388 e. The Morgan fingerprint density at radius 2 is 1.48 bits per heavy atom. The minimum Gasteiger partial charge on any atom is -0.388 e. The zero-order valence-electron chi connectivity index (χ0n) is 18.4. The maximum Gasteiger partial charge on any atom is 0.266 e.